The van der Waals surface area contributed by atoms with Gasteiger partial charge in [0.25, 0.3) is 0 Å². The number of phenols is 1. The van der Waals surface area contributed by atoms with Crippen LogP contribution in [-0.2, 0) is 4.79 Å². The number of Topliss-reactive ketones (excluding diaryl/α,β-unsaturated/α-hetero) is 2. The van der Waals surface area contributed by atoms with Crippen LogP contribution in [0.15, 0.2) is 48.0 Å². The lowest BCUT2D eigenvalue weighted by molar-refractivity contribution is -0.112. The lowest BCUT2D eigenvalue weighted by atomic mass is 9.83. The highest BCUT2D eigenvalue weighted by molar-refractivity contribution is 6.52. The number of unbranched alkanes of at least 4 members (excludes halogenated alkanes) is 13. The van der Waals surface area contributed by atoms with Crippen molar-refractivity contribution in [2.24, 2.45) is 0 Å². The van der Waals surface area contributed by atoms with Crippen LogP contribution >= 0.6 is 0 Å². The molecule has 3 N–H and O–H groups in total. The van der Waals surface area contributed by atoms with Gasteiger partial charge in [-0.15, -0.1) is 0 Å². The molecule has 6 nitrogen and oxygen atoms in total. The number of carbonyl (C=O) groups excluding carboxylic acids is 2. The summed E-state index contributed by atoms with van der Waals surface area (Å²) in [5, 5.41) is 24.6. The average Bonchev–Trinajstić information content (AvgIpc) is 2.97. The van der Waals surface area contributed by atoms with Crippen LogP contribution in [-0.4, -0.2) is 35.4 Å². The Labute approximate surface area is 239 Å². The van der Waals surface area contributed by atoms with Crippen molar-refractivity contribution in [2.75, 3.05) is 13.7 Å². The Morgan fingerprint density at radius 2 is 1.27 bits per heavy atom. The first-order chi connectivity index (χ1) is 19.5. The van der Waals surface area contributed by atoms with Crippen molar-refractivity contribution >= 4 is 17.3 Å². The van der Waals surface area contributed by atoms with Crippen LogP contribution in [0.5, 0.6) is 11.5 Å². The van der Waals surface area contributed by atoms with Gasteiger partial charge >= 0.3 is 0 Å². The molecule has 0 amide bonds. The molecule has 0 bridgehead atoms. The molecule has 0 fully saturated rings. The maximum Gasteiger partial charge on any atom is 0.235 e. The lowest BCUT2D eigenvalue weighted by Crippen LogP contribution is -2.34. The first kappa shape index (κ1) is 31.4. The molecule has 2 aromatic carbocycles. The molecule has 218 valence electrons. The summed E-state index contributed by atoms with van der Waals surface area (Å²) in [6.45, 7) is 2.88. The van der Waals surface area contributed by atoms with Crippen LogP contribution in [0, 0.1) is 0 Å². The van der Waals surface area contributed by atoms with Gasteiger partial charge in [0.15, 0.2) is 11.5 Å². The number of carbonyl (C=O) groups is 2. The molecule has 3 rings (SSSR count). The van der Waals surface area contributed by atoms with Gasteiger partial charge in [-0.1, -0.05) is 121 Å². The lowest BCUT2D eigenvalue weighted by Gasteiger charge is -2.26. The van der Waals surface area contributed by atoms with E-state index in [1.165, 1.54) is 83.8 Å². The van der Waals surface area contributed by atoms with E-state index < -0.39 is 17.6 Å². The van der Waals surface area contributed by atoms with Gasteiger partial charge in [-0.2, -0.15) is 0 Å². The topological polar surface area (TPSA) is 95.9 Å². The average molecular weight is 550 g/mol. The molecule has 6 heteroatoms. The van der Waals surface area contributed by atoms with E-state index in [-0.39, 0.29) is 28.4 Å². The molecule has 0 aliphatic heterocycles. The number of fused-ring (bicyclic) bond motifs is 1. The second-order valence-corrected chi connectivity index (χ2v) is 10.9. The van der Waals surface area contributed by atoms with Crippen molar-refractivity contribution in [3.63, 3.8) is 0 Å². The molecule has 1 aliphatic rings. The fourth-order valence-electron chi connectivity index (χ4n) is 5.48. The molecule has 1 unspecified atom stereocenters. The number of nitrogens with one attached hydrogen (secondary N) is 1. The van der Waals surface area contributed by atoms with Gasteiger partial charge in [0.05, 0.1) is 18.7 Å². The zero-order chi connectivity index (χ0) is 28.7. The highest BCUT2D eigenvalue weighted by Gasteiger charge is 2.37. The second-order valence-electron chi connectivity index (χ2n) is 10.9. The molecule has 2 aromatic rings. The summed E-state index contributed by atoms with van der Waals surface area (Å²) in [6.07, 6.45) is 17.8. The number of rotatable bonds is 19. The first-order valence-corrected chi connectivity index (χ1v) is 15.2. The van der Waals surface area contributed by atoms with Crippen LogP contribution in [0.2, 0.25) is 0 Å². The molecule has 40 heavy (non-hydrogen) atoms. The molecule has 0 heterocycles. The molecule has 1 aliphatic carbocycles. The summed E-state index contributed by atoms with van der Waals surface area (Å²) in [5.74, 6) is -1.30. The van der Waals surface area contributed by atoms with Gasteiger partial charge < -0.3 is 20.3 Å². The minimum absolute atomic E-state index is 0.0217. The van der Waals surface area contributed by atoms with Crippen molar-refractivity contribution in [1.82, 2.24) is 5.32 Å². The Hall–Kier alpha value is -3.12. The summed E-state index contributed by atoms with van der Waals surface area (Å²) in [4.78, 5) is 26.1. The Kier molecular flexibility index (Phi) is 13.2. The predicted octanol–water partition coefficient (Wildman–Crippen LogP) is 8.25. The van der Waals surface area contributed by atoms with E-state index in [4.69, 9.17) is 4.74 Å². The quantitative estimate of drug-likeness (QED) is 0.121. The Morgan fingerprint density at radius 1 is 0.725 bits per heavy atom. The summed E-state index contributed by atoms with van der Waals surface area (Å²) in [5.41, 5.74) is 1.22. The third-order valence-electron chi connectivity index (χ3n) is 7.84. The smallest absolute Gasteiger partial charge is 0.235 e. The molecule has 0 radical (unpaired) electrons. The van der Waals surface area contributed by atoms with E-state index in [1.807, 2.05) is 0 Å². The number of phenolic OH excluding ortho intramolecular Hbond substituents is 1. The normalized spacial score (nSPS) is 13.9. The van der Waals surface area contributed by atoms with Gasteiger partial charge in [0.1, 0.15) is 5.76 Å². The standard InChI is InChI=1S/C34H47NO5/c1-3-4-5-6-7-8-9-10-11-12-13-14-15-18-23-35-31(25-21-22-28(36)29(24-25)40-2)30-32(37)26-19-16-17-20-27(26)33(38)34(30)39/h16-17,19-22,24,31,35-37H,3-15,18,23H2,1-2H3. The summed E-state index contributed by atoms with van der Waals surface area (Å²) in [7, 11) is 1.46. The summed E-state index contributed by atoms with van der Waals surface area (Å²) < 4.78 is 5.28. The highest BCUT2D eigenvalue weighted by Crippen LogP contribution is 2.37. The number of hydrogen-bond donors (Lipinski definition) is 3. The van der Waals surface area contributed by atoms with E-state index in [9.17, 15) is 19.8 Å². The molecular weight excluding hydrogens is 502 g/mol. The third-order valence-corrected chi connectivity index (χ3v) is 7.84. The monoisotopic (exact) mass is 549 g/mol. The molecular formula is C34H47NO5. The van der Waals surface area contributed by atoms with Crippen molar-refractivity contribution in [3.05, 3.63) is 64.7 Å². The van der Waals surface area contributed by atoms with Crippen LogP contribution in [0.1, 0.15) is 124 Å². The third kappa shape index (κ3) is 8.69. The van der Waals surface area contributed by atoms with Crippen LogP contribution in [0.25, 0.3) is 5.76 Å². The minimum Gasteiger partial charge on any atom is -0.507 e. The van der Waals surface area contributed by atoms with E-state index in [2.05, 4.69) is 12.2 Å². The summed E-state index contributed by atoms with van der Waals surface area (Å²) >= 11 is 0. The number of ether oxygens (including phenoxy) is 1. The van der Waals surface area contributed by atoms with E-state index >= 15 is 0 Å². The van der Waals surface area contributed by atoms with Crippen molar-refractivity contribution in [2.45, 2.75) is 103 Å². The van der Waals surface area contributed by atoms with Crippen LogP contribution in [0.4, 0.5) is 0 Å². The molecule has 1 atom stereocenters. The zero-order valence-electron chi connectivity index (χ0n) is 24.3. The van der Waals surface area contributed by atoms with Gasteiger partial charge in [-0.25, -0.2) is 0 Å². The van der Waals surface area contributed by atoms with Gasteiger partial charge in [0.2, 0.25) is 11.6 Å². The zero-order valence-corrected chi connectivity index (χ0v) is 24.3. The molecule has 0 saturated carbocycles. The number of aromatic hydroxyl groups is 1. The number of aliphatic hydroxyl groups excluding tert-OH is 1. The Morgan fingerprint density at radius 3 is 1.85 bits per heavy atom. The fraction of sp³-hybridized carbons (Fsp3) is 0.529. The number of methoxy groups -OCH3 is 1. The molecule has 0 spiro atoms. The Bertz CT molecular complexity index is 1140. The molecule has 0 saturated heterocycles. The second kappa shape index (κ2) is 16.9. The SMILES string of the molecule is CCCCCCCCCCCCCCCCNC(C1=C(O)c2ccccc2C(=O)C1=O)c1ccc(O)c(OC)c1. The number of benzene rings is 2. The Balaban J connectivity index is 1.53. The summed E-state index contributed by atoms with van der Waals surface area (Å²) in [6, 6.07) is 10.7. The largest absolute Gasteiger partial charge is 0.507 e. The van der Waals surface area contributed by atoms with Crippen molar-refractivity contribution in [1.29, 1.82) is 0 Å². The van der Waals surface area contributed by atoms with E-state index in [1.54, 1.807) is 36.4 Å². The first-order valence-electron chi connectivity index (χ1n) is 15.2. The fourth-order valence-corrected chi connectivity index (χ4v) is 5.48. The van der Waals surface area contributed by atoms with Crippen molar-refractivity contribution < 1.29 is 24.5 Å². The van der Waals surface area contributed by atoms with Crippen LogP contribution < -0.4 is 10.1 Å². The van der Waals surface area contributed by atoms with E-state index in [0.717, 1.165) is 19.3 Å². The number of hydrogen-bond acceptors (Lipinski definition) is 6. The number of ketones is 2. The highest BCUT2D eigenvalue weighted by atomic mass is 16.5. The maximum absolute atomic E-state index is 13.2. The van der Waals surface area contributed by atoms with Crippen molar-refractivity contribution in [3.8, 4) is 11.5 Å². The van der Waals surface area contributed by atoms with Gasteiger partial charge in [-0.3, -0.25) is 9.59 Å². The molecule has 0 aromatic heterocycles. The van der Waals surface area contributed by atoms with Gasteiger partial charge in [-0.05, 0) is 30.7 Å². The van der Waals surface area contributed by atoms with E-state index in [0.29, 0.717) is 17.7 Å². The van der Waals surface area contributed by atoms with Crippen LogP contribution in [0.3, 0.4) is 0 Å². The minimum atomic E-state index is -0.721. The number of aliphatic hydroxyl groups is 1. The predicted molar refractivity (Wildman–Crippen MR) is 161 cm³/mol. The maximum atomic E-state index is 13.2. The van der Waals surface area contributed by atoms with Gasteiger partial charge in [0, 0.05) is 11.1 Å².